The molecule has 3 aromatic rings. The third kappa shape index (κ3) is 3.98. The largest absolute Gasteiger partial charge is 0.321 e. The van der Waals surface area contributed by atoms with E-state index in [-0.39, 0.29) is 36.0 Å². The van der Waals surface area contributed by atoms with Crippen molar-refractivity contribution in [3.05, 3.63) is 42.0 Å². The minimum absolute atomic E-state index is 0.0412. The number of rotatable bonds is 4. The summed E-state index contributed by atoms with van der Waals surface area (Å²) in [7, 11) is -3.16. The van der Waals surface area contributed by atoms with E-state index in [9.17, 15) is 18.0 Å². The average Bonchev–Trinajstić information content (AvgIpc) is 3.43. The van der Waals surface area contributed by atoms with Crippen molar-refractivity contribution in [3.8, 4) is 11.3 Å². The Morgan fingerprint density at radius 3 is 2.71 bits per heavy atom. The van der Waals surface area contributed by atoms with E-state index in [2.05, 4.69) is 15.4 Å². The Kier molecular flexibility index (Phi) is 4.86. The van der Waals surface area contributed by atoms with Crippen LogP contribution < -0.4 is 5.32 Å². The van der Waals surface area contributed by atoms with Gasteiger partial charge in [-0.05, 0) is 18.6 Å². The first-order valence-corrected chi connectivity index (χ1v) is 12.5. The monoisotopic (exact) mass is 457 g/mol. The van der Waals surface area contributed by atoms with Crippen molar-refractivity contribution in [2.45, 2.75) is 25.3 Å². The lowest BCUT2D eigenvalue weighted by Gasteiger charge is -2.27. The number of hydrazone groups is 1. The highest BCUT2D eigenvalue weighted by atomic mass is 32.2. The van der Waals surface area contributed by atoms with Gasteiger partial charge in [0.15, 0.2) is 14.8 Å². The number of sulfone groups is 1. The lowest BCUT2D eigenvalue weighted by atomic mass is 10.1. The zero-order valence-corrected chi connectivity index (χ0v) is 18.0. The van der Waals surface area contributed by atoms with Gasteiger partial charge in [-0.3, -0.25) is 14.0 Å². The van der Waals surface area contributed by atoms with Gasteiger partial charge in [0.05, 0.1) is 23.2 Å². The standard InChI is InChI=1S/C20H19N5O4S2/c26-18-6-5-16(23-25(18)15-7-10-31(28,29)12-15)19(27)21-14-3-1-13(2-4-14)17-11-24-8-9-30-20(24)22-17/h1-4,8-9,11,15H,5-7,10,12H2,(H,21,27)/t15-/m0/s1. The maximum atomic E-state index is 12.7. The average molecular weight is 458 g/mol. The van der Waals surface area contributed by atoms with E-state index in [0.29, 0.717) is 12.1 Å². The molecule has 1 N–H and O–H groups in total. The molecule has 0 saturated carbocycles. The highest BCUT2D eigenvalue weighted by Crippen LogP contribution is 2.24. The Balaban J connectivity index is 1.29. The molecule has 0 bridgehead atoms. The summed E-state index contributed by atoms with van der Waals surface area (Å²) >= 11 is 1.56. The van der Waals surface area contributed by atoms with Crippen LogP contribution in [-0.4, -0.2) is 57.9 Å². The summed E-state index contributed by atoms with van der Waals surface area (Å²) in [6.07, 6.45) is 4.61. The number of carbonyl (C=O) groups is 2. The van der Waals surface area contributed by atoms with Gasteiger partial charge in [-0.15, -0.1) is 11.3 Å². The first-order valence-electron chi connectivity index (χ1n) is 9.82. The summed E-state index contributed by atoms with van der Waals surface area (Å²) in [6.45, 7) is 0. The molecule has 0 radical (unpaired) electrons. The molecule has 9 nitrogen and oxygen atoms in total. The quantitative estimate of drug-likeness (QED) is 0.645. The number of anilines is 1. The molecule has 2 aliphatic heterocycles. The van der Waals surface area contributed by atoms with E-state index in [1.54, 1.807) is 23.5 Å². The van der Waals surface area contributed by atoms with Gasteiger partial charge in [-0.2, -0.15) is 5.10 Å². The van der Waals surface area contributed by atoms with Crippen LogP contribution in [-0.2, 0) is 19.4 Å². The van der Waals surface area contributed by atoms with Crippen molar-refractivity contribution in [2.75, 3.05) is 16.8 Å². The Morgan fingerprint density at radius 2 is 2.00 bits per heavy atom. The van der Waals surface area contributed by atoms with E-state index in [1.807, 2.05) is 34.3 Å². The molecule has 2 amide bonds. The van der Waals surface area contributed by atoms with Crippen LogP contribution >= 0.6 is 11.3 Å². The summed E-state index contributed by atoms with van der Waals surface area (Å²) in [6, 6.07) is 6.84. The number of hydrogen-bond acceptors (Lipinski definition) is 7. The second-order valence-corrected chi connectivity index (χ2v) is 10.7. The summed E-state index contributed by atoms with van der Waals surface area (Å²) < 4.78 is 25.4. The molecule has 160 valence electrons. The lowest BCUT2D eigenvalue weighted by molar-refractivity contribution is -0.133. The SMILES string of the molecule is O=C(Nc1ccc(-c2cn3ccsc3n2)cc1)C1=NN([C@H]2CCS(=O)(=O)C2)C(=O)CC1. The predicted molar refractivity (Wildman–Crippen MR) is 118 cm³/mol. The van der Waals surface area contributed by atoms with Crippen molar-refractivity contribution < 1.29 is 18.0 Å². The fourth-order valence-electron chi connectivity index (χ4n) is 3.78. The summed E-state index contributed by atoms with van der Waals surface area (Å²) in [5.41, 5.74) is 2.61. The van der Waals surface area contributed by atoms with Crippen LogP contribution in [0.4, 0.5) is 5.69 Å². The minimum atomic E-state index is -3.16. The Bertz CT molecular complexity index is 1280. The molecule has 0 aliphatic carbocycles. The smallest absolute Gasteiger partial charge is 0.271 e. The number of thiazole rings is 1. The van der Waals surface area contributed by atoms with E-state index in [4.69, 9.17) is 0 Å². The molecule has 1 atom stereocenters. The number of nitrogens with one attached hydrogen (secondary N) is 1. The molecule has 4 heterocycles. The van der Waals surface area contributed by atoms with E-state index >= 15 is 0 Å². The number of aromatic nitrogens is 2. The van der Waals surface area contributed by atoms with Crippen molar-refractivity contribution >= 4 is 49.3 Å². The Morgan fingerprint density at radius 1 is 1.19 bits per heavy atom. The maximum absolute atomic E-state index is 12.7. The second-order valence-electron chi connectivity index (χ2n) is 7.59. The number of benzene rings is 1. The summed E-state index contributed by atoms with van der Waals surface area (Å²) in [5, 5.41) is 10.2. The highest BCUT2D eigenvalue weighted by Gasteiger charge is 2.37. The van der Waals surface area contributed by atoms with Crippen LogP contribution in [0.2, 0.25) is 0 Å². The molecular weight excluding hydrogens is 438 g/mol. The number of fused-ring (bicyclic) bond motifs is 1. The number of carbonyl (C=O) groups excluding carboxylic acids is 2. The third-order valence-electron chi connectivity index (χ3n) is 5.41. The van der Waals surface area contributed by atoms with Crippen molar-refractivity contribution in [2.24, 2.45) is 5.10 Å². The van der Waals surface area contributed by atoms with Crippen LogP contribution in [0.5, 0.6) is 0 Å². The van der Waals surface area contributed by atoms with Gasteiger partial charge >= 0.3 is 0 Å². The van der Waals surface area contributed by atoms with Crippen LogP contribution in [0.15, 0.2) is 47.1 Å². The van der Waals surface area contributed by atoms with Crippen molar-refractivity contribution in [1.29, 1.82) is 0 Å². The second kappa shape index (κ2) is 7.57. The lowest BCUT2D eigenvalue weighted by Crippen LogP contribution is -2.42. The molecule has 1 saturated heterocycles. The van der Waals surface area contributed by atoms with E-state index in [1.165, 1.54) is 5.01 Å². The number of imidazole rings is 1. The molecule has 1 aromatic carbocycles. The molecule has 1 fully saturated rings. The van der Waals surface area contributed by atoms with Crippen molar-refractivity contribution in [1.82, 2.24) is 14.4 Å². The zero-order valence-electron chi connectivity index (χ0n) is 16.4. The minimum Gasteiger partial charge on any atom is -0.321 e. The first-order chi connectivity index (χ1) is 14.9. The molecule has 5 rings (SSSR count). The topological polar surface area (TPSA) is 113 Å². The zero-order chi connectivity index (χ0) is 21.6. The molecular formula is C20H19N5O4S2. The number of nitrogens with zero attached hydrogens (tertiary/aromatic N) is 4. The Labute approximate surface area is 182 Å². The molecule has 2 aromatic heterocycles. The molecule has 0 spiro atoms. The van der Waals surface area contributed by atoms with Gasteiger partial charge < -0.3 is 5.32 Å². The highest BCUT2D eigenvalue weighted by molar-refractivity contribution is 7.91. The van der Waals surface area contributed by atoms with Gasteiger partial charge in [0.2, 0.25) is 5.91 Å². The van der Waals surface area contributed by atoms with E-state index < -0.39 is 21.8 Å². The number of amides is 2. The summed E-state index contributed by atoms with van der Waals surface area (Å²) in [4.78, 5) is 30.4. The summed E-state index contributed by atoms with van der Waals surface area (Å²) in [5.74, 6) is -0.708. The molecule has 0 unspecified atom stereocenters. The van der Waals surface area contributed by atoms with Crippen LogP contribution in [0.3, 0.4) is 0 Å². The normalized spacial score (nSPS) is 20.8. The van der Waals surface area contributed by atoms with Gasteiger partial charge in [0.25, 0.3) is 5.91 Å². The maximum Gasteiger partial charge on any atom is 0.271 e. The van der Waals surface area contributed by atoms with Gasteiger partial charge in [0, 0.05) is 41.9 Å². The van der Waals surface area contributed by atoms with Gasteiger partial charge in [0.1, 0.15) is 5.71 Å². The fourth-order valence-corrected chi connectivity index (χ4v) is 6.17. The fraction of sp³-hybridized carbons (Fsp3) is 0.300. The van der Waals surface area contributed by atoms with E-state index in [0.717, 1.165) is 16.2 Å². The van der Waals surface area contributed by atoms with Crippen LogP contribution in [0, 0.1) is 0 Å². The van der Waals surface area contributed by atoms with Crippen LogP contribution in [0.1, 0.15) is 19.3 Å². The third-order valence-corrected chi connectivity index (χ3v) is 7.93. The first kappa shape index (κ1) is 19.9. The predicted octanol–water partition coefficient (Wildman–Crippen LogP) is 2.17. The van der Waals surface area contributed by atoms with Gasteiger partial charge in [-0.25, -0.2) is 18.4 Å². The Hall–Kier alpha value is -3.05. The van der Waals surface area contributed by atoms with Crippen molar-refractivity contribution in [3.63, 3.8) is 0 Å². The van der Waals surface area contributed by atoms with Gasteiger partial charge in [-0.1, -0.05) is 12.1 Å². The molecule has 11 heteroatoms. The number of hydrogen-bond donors (Lipinski definition) is 1. The molecule has 31 heavy (non-hydrogen) atoms. The molecule has 2 aliphatic rings. The van der Waals surface area contributed by atoms with Crippen LogP contribution in [0.25, 0.3) is 16.2 Å².